The van der Waals surface area contributed by atoms with Crippen LogP contribution in [0.25, 0.3) is 11.3 Å². The highest BCUT2D eigenvalue weighted by Gasteiger charge is 2.43. The van der Waals surface area contributed by atoms with E-state index in [1.54, 1.807) is 12.3 Å². The quantitative estimate of drug-likeness (QED) is 0.787. The molecule has 0 radical (unpaired) electrons. The van der Waals surface area contributed by atoms with Crippen LogP contribution in [0.1, 0.15) is 18.0 Å². The molecule has 11 heteroatoms. The number of carbonyl (C=O) groups is 1. The summed E-state index contributed by atoms with van der Waals surface area (Å²) in [6.45, 7) is 1.88. The Labute approximate surface area is 181 Å². The van der Waals surface area contributed by atoms with Gasteiger partial charge in [-0.25, -0.2) is 4.98 Å². The number of hydrogen-bond donors (Lipinski definition) is 1. The first-order valence-corrected chi connectivity index (χ1v) is 10.3. The Morgan fingerprint density at radius 3 is 2.91 bits per heavy atom. The fourth-order valence-corrected chi connectivity index (χ4v) is 4.25. The molecule has 166 valence electrons. The molecule has 3 aliphatic heterocycles. The minimum Gasteiger partial charge on any atom is -0.355 e. The number of fused-ring (bicyclic) bond motifs is 3. The molecular formula is C21H20F3N7O. The zero-order chi connectivity index (χ0) is 22.3. The van der Waals surface area contributed by atoms with Crippen LogP contribution in [0, 0.1) is 0 Å². The number of nitrogens with zero attached hydrogens (tertiary/aromatic N) is 6. The molecule has 5 heterocycles. The molecule has 1 fully saturated rings. The summed E-state index contributed by atoms with van der Waals surface area (Å²) in [5.74, 6) is -0.0266. The van der Waals surface area contributed by atoms with E-state index < -0.39 is 24.7 Å². The molecule has 0 aliphatic carbocycles. The van der Waals surface area contributed by atoms with Crippen molar-refractivity contribution < 1.29 is 18.0 Å². The van der Waals surface area contributed by atoms with Crippen LogP contribution < -0.4 is 15.1 Å². The molecule has 0 aromatic carbocycles. The van der Waals surface area contributed by atoms with E-state index in [9.17, 15) is 18.0 Å². The molecular weight excluding hydrogens is 423 g/mol. The first-order chi connectivity index (χ1) is 15.4. The molecule has 1 unspecified atom stereocenters. The van der Waals surface area contributed by atoms with E-state index in [0.717, 1.165) is 37.5 Å². The average molecular weight is 443 g/mol. The number of carbonyl (C=O) groups excluding carboxylic acids is 1. The van der Waals surface area contributed by atoms with Crippen molar-refractivity contribution in [1.82, 2.24) is 15.3 Å². The molecule has 0 saturated carbocycles. The monoisotopic (exact) mass is 443 g/mol. The molecule has 3 aliphatic rings. The summed E-state index contributed by atoms with van der Waals surface area (Å²) < 4.78 is 40.0. The van der Waals surface area contributed by atoms with Crippen LogP contribution in [-0.4, -0.2) is 54.8 Å². The van der Waals surface area contributed by atoms with Crippen LogP contribution in [0.3, 0.4) is 0 Å². The van der Waals surface area contributed by atoms with Gasteiger partial charge in [0.05, 0.1) is 23.2 Å². The summed E-state index contributed by atoms with van der Waals surface area (Å²) in [4.78, 5) is 24.8. The van der Waals surface area contributed by atoms with Gasteiger partial charge in [0.15, 0.2) is 0 Å². The SMILES string of the molecule is O=C1C2=CN=NC2c2cnc(-c3cccnc3N3CCCNCC3)cc2N1CC(F)(F)F. The van der Waals surface area contributed by atoms with Gasteiger partial charge < -0.3 is 10.2 Å². The largest absolute Gasteiger partial charge is 0.406 e. The van der Waals surface area contributed by atoms with Gasteiger partial charge in [0.2, 0.25) is 0 Å². The van der Waals surface area contributed by atoms with Crippen molar-refractivity contribution in [3.63, 3.8) is 0 Å². The predicted octanol–water partition coefficient (Wildman–Crippen LogP) is 3.24. The highest BCUT2D eigenvalue weighted by Crippen LogP contribution is 2.44. The molecule has 5 rings (SSSR count). The van der Waals surface area contributed by atoms with Crippen molar-refractivity contribution >= 4 is 17.4 Å². The van der Waals surface area contributed by atoms with Crippen LogP contribution >= 0.6 is 0 Å². The second-order valence-corrected chi connectivity index (χ2v) is 7.82. The molecule has 1 atom stereocenters. The number of rotatable bonds is 3. The third-order valence-electron chi connectivity index (χ3n) is 5.70. The zero-order valence-electron chi connectivity index (χ0n) is 17.0. The molecule has 0 spiro atoms. The molecule has 2 aromatic heterocycles. The minimum absolute atomic E-state index is 0.121. The molecule has 2 aromatic rings. The van der Waals surface area contributed by atoms with E-state index >= 15 is 0 Å². The Morgan fingerprint density at radius 1 is 1.19 bits per heavy atom. The number of anilines is 2. The highest BCUT2D eigenvalue weighted by molar-refractivity contribution is 6.10. The lowest BCUT2D eigenvalue weighted by Crippen LogP contribution is -2.43. The van der Waals surface area contributed by atoms with Gasteiger partial charge in [0.25, 0.3) is 5.91 Å². The molecule has 1 amide bonds. The van der Waals surface area contributed by atoms with Gasteiger partial charge in [0, 0.05) is 43.2 Å². The lowest BCUT2D eigenvalue weighted by Gasteiger charge is -2.33. The Morgan fingerprint density at radius 2 is 2.06 bits per heavy atom. The second-order valence-electron chi connectivity index (χ2n) is 7.82. The molecule has 0 bridgehead atoms. The topological polar surface area (TPSA) is 86.1 Å². The Hall–Kier alpha value is -3.34. The summed E-state index contributed by atoms with van der Waals surface area (Å²) in [5.41, 5.74) is 1.84. The fraction of sp³-hybridized carbons (Fsp3) is 0.381. The number of hydrogen-bond acceptors (Lipinski definition) is 7. The highest BCUT2D eigenvalue weighted by atomic mass is 19.4. The number of alkyl halides is 3. The van der Waals surface area contributed by atoms with E-state index in [1.165, 1.54) is 18.5 Å². The van der Waals surface area contributed by atoms with Crippen molar-refractivity contribution in [1.29, 1.82) is 0 Å². The number of nitrogens with one attached hydrogen (secondary N) is 1. The predicted molar refractivity (Wildman–Crippen MR) is 111 cm³/mol. The third-order valence-corrected chi connectivity index (χ3v) is 5.70. The standard InChI is InChI=1S/C21H20F3N7O/c22-21(23,24)12-31-17-9-16(27-10-14(17)18-15(20(31)32)11-28-29-18)13-3-1-5-26-19(13)30-7-2-4-25-6-8-30/h1,3,5,9-11,18,25H,2,4,6-8,12H2. The van der Waals surface area contributed by atoms with Crippen LogP contribution in [0.2, 0.25) is 0 Å². The Balaban J connectivity index is 1.60. The summed E-state index contributed by atoms with van der Waals surface area (Å²) in [7, 11) is 0. The summed E-state index contributed by atoms with van der Waals surface area (Å²) in [6, 6.07) is 4.41. The van der Waals surface area contributed by atoms with E-state index in [2.05, 4.69) is 30.4 Å². The van der Waals surface area contributed by atoms with Crippen molar-refractivity contribution in [2.75, 3.05) is 42.5 Å². The number of halogens is 3. The molecule has 1 N–H and O–H groups in total. The maximum atomic E-state index is 13.3. The first-order valence-electron chi connectivity index (χ1n) is 10.3. The van der Waals surface area contributed by atoms with Crippen LogP contribution in [-0.2, 0) is 4.79 Å². The minimum atomic E-state index is -4.56. The number of pyridine rings is 2. The number of azo groups is 1. The van der Waals surface area contributed by atoms with Crippen LogP contribution in [0.5, 0.6) is 0 Å². The number of aromatic nitrogens is 2. The normalized spacial score (nSPS) is 20.7. The summed E-state index contributed by atoms with van der Waals surface area (Å²) >= 11 is 0. The van der Waals surface area contributed by atoms with Gasteiger partial charge in [-0.3, -0.25) is 14.7 Å². The van der Waals surface area contributed by atoms with Gasteiger partial charge >= 0.3 is 6.18 Å². The fourth-order valence-electron chi connectivity index (χ4n) is 4.25. The smallest absolute Gasteiger partial charge is 0.355 e. The van der Waals surface area contributed by atoms with E-state index in [0.29, 0.717) is 22.6 Å². The Kier molecular flexibility index (Phi) is 5.12. The second kappa shape index (κ2) is 7.97. The summed E-state index contributed by atoms with van der Waals surface area (Å²) in [5, 5.41) is 11.1. The van der Waals surface area contributed by atoms with Gasteiger partial charge in [0.1, 0.15) is 18.4 Å². The van der Waals surface area contributed by atoms with E-state index in [-0.39, 0.29) is 11.3 Å². The average Bonchev–Trinajstić information content (AvgIpc) is 3.11. The summed E-state index contributed by atoms with van der Waals surface area (Å²) in [6.07, 6.45) is 0.785. The molecule has 1 saturated heterocycles. The van der Waals surface area contributed by atoms with Crippen molar-refractivity contribution in [3.8, 4) is 11.3 Å². The van der Waals surface area contributed by atoms with E-state index in [1.807, 2.05) is 6.07 Å². The first kappa shape index (κ1) is 20.6. The van der Waals surface area contributed by atoms with E-state index in [4.69, 9.17) is 0 Å². The van der Waals surface area contributed by atoms with Crippen LogP contribution in [0.4, 0.5) is 24.7 Å². The van der Waals surface area contributed by atoms with Crippen molar-refractivity contribution in [2.24, 2.45) is 10.2 Å². The van der Waals surface area contributed by atoms with Crippen molar-refractivity contribution in [2.45, 2.75) is 18.6 Å². The molecule has 32 heavy (non-hydrogen) atoms. The zero-order valence-corrected chi connectivity index (χ0v) is 17.0. The van der Waals surface area contributed by atoms with Crippen molar-refractivity contribution in [3.05, 3.63) is 47.9 Å². The lowest BCUT2D eigenvalue weighted by molar-refractivity contribution is -0.130. The molecule has 8 nitrogen and oxygen atoms in total. The maximum Gasteiger partial charge on any atom is 0.406 e. The number of amides is 1. The van der Waals surface area contributed by atoms with Gasteiger partial charge in [-0.05, 0) is 31.2 Å². The Bertz CT molecular complexity index is 1110. The third kappa shape index (κ3) is 3.72. The van der Waals surface area contributed by atoms with Crippen LogP contribution in [0.15, 0.2) is 52.6 Å². The van der Waals surface area contributed by atoms with Gasteiger partial charge in [-0.1, -0.05) is 0 Å². The lowest BCUT2D eigenvalue weighted by atomic mass is 9.93. The van der Waals surface area contributed by atoms with Gasteiger partial charge in [-0.15, -0.1) is 0 Å². The van der Waals surface area contributed by atoms with Gasteiger partial charge in [-0.2, -0.15) is 23.4 Å². The maximum absolute atomic E-state index is 13.3.